The first kappa shape index (κ1) is 9.82. The topological polar surface area (TPSA) is 12.0 Å². The zero-order valence-corrected chi connectivity index (χ0v) is 6.75. The standard InChI is InChI=1S/C5H9F2N.C2H6/c1-4-2-8-3-5(4,6)7;1-2/h4,8H,2-3H2,1H3;1-2H3. The van der Waals surface area contributed by atoms with Crippen molar-refractivity contribution >= 4 is 0 Å². The van der Waals surface area contributed by atoms with E-state index in [2.05, 4.69) is 5.32 Å². The minimum atomic E-state index is -2.46. The molecule has 3 heteroatoms. The normalized spacial score (nSPS) is 29.1. The van der Waals surface area contributed by atoms with Gasteiger partial charge in [-0.15, -0.1) is 0 Å². The molecule has 0 amide bonds. The first-order chi connectivity index (χ1) is 4.63. The minimum Gasteiger partial charge on any atom is -0.311 e. The second-order valence-electron chi connectivity index (χ2n) is 2.29. The maximum atomic E-state index is 12.3. The zero-order valence-electron chi connectivity index (χ0n) is 6.75. The first-order valence-electron chi connectivity index (χ1n) is 3.71. The lowest BCUT2D eigenvalue weighted by Crippen LogP contribution is -2.24. The van der Waals surface area contributed by atoms with Gasteiger partial charge in [0, 0.05) is 12.5 Å². The fourth-order valence-electron chi connectivity index (χ4n) is 0.779. The van der Waals surface area contributed by atoms with Gasteiger partial charge in [-0.1, -0.05) is 20.8 Å². The lowest BCUT2D eigenvalue weighted by atomic mass is 10.1. The average Bonchev–Trinajstić information content (AvgIpc) is 2.17. The molecule has 1 heterocycles. The van der Waals surface area contributed by atoms with Crippen molar-refractivity contribution in [1.82, 2.24) is 5.32 Å². The summed E-state index contributed by atoms with van der Waals surface area (Å²) < 4.78 is 24.6. The summed E-state index contributed by atoms with van der Waals surface area (Å²) in [7, 11) is 0. The Morgan fingerprint density at radius 1 is 1.40 bits per heavy atom. The van der Waals surface area contributed by atoms with E-state index >= 15 is 0 Å². The van der Waals surface area contributed by atoms with E-state index in [1.165, 1.54) is 0 Å². The summed E-state index contributed by atoms with van der Waals surface area (Å²) >= 11 is 0. The van der Waals surface area contributed by atoms with Gasteiger partial charge in [0.05, 0.1) is 6.54 Å². The van der Waals surface area contributed by atoms with Gasteiger partial charge in [-0.25, -0.2) is 8.78 Å². The van der Waals surface area contributed by atoms with Crippen molar-refractivity contribution in [3.8, 4) is 0 Å². The molecule has 1 nitrogen and oxygen atoms in total. The third kappa shape index (κ3) is 2.21. The fraction of sp³-hybridized carbons (Fsp3) is 1.00. The van der Waals surface area contributed by atoms with Crippen LogP contribution in [0.25, 0.3) is 0 Å². The molecular weight excluding hydrogens is 136 g/mol. The molecule has 62 valence electrons. The van der Waals surface area contributed by atoms with Gasteiger partial charge < -0.3 is 5.32 Å². The summed E-state index contributed by atoms with van der Waals surface area (Å²) in [5.74, 6) is -2.94. The van der Waals surface area contributed by atoms with Crippen molar-refractivity contribution < 1.29 is 8.78 Å². The van der Waals surface area contributed by atoms with Crippen LogP contribution in [0.3, 0.4) is 0 Å². The van der Waals surface area contributed by atoms with E-state index in [1.807, 2.05) is 13.8 Å². The Kier molecular flexibility index (Phi) is 3.79. The van der Waals surface area contributed by atoms with E-state index in [0.717, 1.165) is 0 Å². The predicted octanol–water partition coefficient (Wildman–Crippen LogP) is 1.89. The smallest absolute Gasteiger partial charge is 0.264 e. The minimum absolute atomic E-state index is 0.145. The summed E-state index contributed by atoms with van der Waals surface area (Å²) in [6.45, 7) is 5.86. The maximum Gasteiger partial charge on any atom is 0.264 e. The highest BCUT2D eigenvalue weighted by molar-refractivity contribution is 4.84. The number of hydrogen-bond acceptors (Lipinski definition) is 1. The van der Waals surface area contributed by atoms with E-state index in [4.69, 9.17) is 0 Å². The summed E-state index contributed by atoms with van der Waals surface area (Å²) in [6, 6.07) is 0. The molecule has 1 fully saturated rings. The lowest BCUT2D eigenvalue weighted by Gasteiger charge is -2.10. The first-order valence-corrected chi connectivity index (χ1v) is 3.71. The van der Waals surface area contributed by atoms with E-state index in [9.17, 15) is 8.78 Å². The largest absolute Gasteiger partial charge is 0.311 e. The third-order valence-electron chi connectivity index (χ3n) is 1.53. The van der Waals surface area contributed by atoms with E-state index in [1.54, 1.807) is 6.92 Å². The summed E-state index contributed by atoms with van der Waals surface area (Å²) in [5.41, 5.74) is 0. The van der Waals surface area contributed by atoms with Crippen LogP contribution in [0.1, 0.15) is 20.8 Å². The van der Waals surface area contributed by atoms with Crippen LogP contribution >= 0.6 is 0 Å². The summed E-state index contributed by atoms with van der Waals surface area (Å²) in [6.07, 6.45) is 0. The number of alkyl halides is 2. The Balaban J connectivity index is 0.000000371. The SMILES string of the molecule is CC.CC1CNCC1(F)F. The van der Waals surface area contributed by atoms with Crippen LogP contribution in [0.15, 0.2) is 0 Å². The summed E-state index contributed by atoms with van der Waals surface area (Å²) in [4.78, 5) is 0. The third-order valence-corrected chi connectivity index (χ3v) is 1.53. The van der Waals surface area contributed by atoms with Crippen molar-refractivity contribution in [1.29, 1.82) is 0 Å². The van der Waals surface area contributed by atoms with Gasteiger partial charge >= 0.3 is 0 Å². The molecule has 0 aromatic rings. The quantitative estimate of drug-likeness (QED) is 0.557. The second-order valence-corrected chi connectivity index (χ2v) is 2.29. The number of nitrogens with one attached hydrogen (secondary N) is 1. The molecule has 1 rings (SSSR count). The number of hydrogen-bond donors (Lipinski definition) is 1. The zero-order chi connectivity index (χ0) is 8.20. The Labute approximate surface area is 60.8 Å². The summed E-state index contributed by atoms with van der Waals surface area (Å²) in [5, 5.41) is 2.61. The molecule has 1 aliphatic heterocycles. The molecule has 0 spiro atoms. The van der Waals surface area contributed by atoms with Gasteiger partial charge in [-0.2, -0.15) is 0 Å². The molecule has 0 aromatic carbocycles. The predicted molar refractivity (Wildman–Crippen MR) is 38.3 cm³/mol. The van der Waals surface area contributed by atoms with Gasteiger partial charge in [-0.3, -0.25) is 0 Å². The van der Waals surface area contributed by atoms with Crippen molar-refractivity contribution in [3.05, 3.63) is 0 Å². The molecule has 0 aromatic heterocycles. The monoisotopic (exact) mass is 151 g/mol. The Morgan fingerprint density at radius 3 is 2.00 bits per heavy atom. The van der Waals surface area contributed by atoms with Gasteiger partial charge in [0.15, 0.2) is 0 Å². The Bertz CT molecular complexity index is 93.6. The van der Waals surface area contributed by atoms with Gasteiger partial charge in [0.1, 0.15) is 0 Å². The highest BCUT2D eigenvalue weighted by Gasteiger charge is 2.40. The average molecular weight is 151 g/mol. The highest BCUT2D eigenvalue weighted by atomic mass is 19.3. The Morgan fingerprint density at radius 2 is 1.90 bits per heavy atom. The van der Waals surface area contributed by atoms with Gasteiger partial charge in [0.25, 0.3) is 5.92 Å². The molecule has 1 atom stereocenters. The molecule has 0 bridgehead atoms. The van der Waals surface area contributed by atoms with Crippen molar-refractivity contribution in [2.45, 2.75) is 26.7 Å². The number of rotatable bonds is 0. The van der Waals surface area contributed by atoms with E-state index in [0.29, 0.717) is 6.54 Å². The Hall–Kier alpha value is -0.180. The van der Waals surface area contributed by atoms with Crippen molar-refractivity contribution in [2.24, 2.45) is 5.92 Å². The lowest BCUT2D eigenvalue weighted by molar-refractivity contribution is -0.0148. The molecule has 1 unspecified atom stereocenters. The van der Waals surface area contributed by atoms with Crippen molar-refractivity contribution in [3.63, 3.8) is 0 Å². The highest BCUT2D eigenvalue weighted by Crippen LogP contribution is 2.26. The van der Waals surface area contributed by atoms with Crippen LogP contribution in [0.4, 0.5) is 8.78 Å². The van der Waals surface area contributed by atoms with Crippen LogP contribution < -0.4 is 5.32 Å². The molecule has 0 aliphatic carbocycles. The van der Waals surface area contributed by atoms with E-state index in [-0.39, 0.29) is 6.54 Å². The van der Waals surface area contributed by atoms with Crippen molar-refractivity contribution in [2.75, 3.05) is 13.1 Å². The second kappa shape index (κ2) is 3.86. The maximum absolute atomic E-state index is 12.3. The van der Waals surface area contributed by atoms with Crippen LogP contribution in [-0.4, -0.2) is 19.0 Å². The van der Waals surface area contributed by atoms with Crippen LogP contribution in [-0.2, 0) is 0 Å². The van der Waals surface area contributed by atoms with Crippen LogP contribution in [0.5, 0.6) is 0 Å². The molecule has 0 radical (unpaired) electrons. The van der Waals surface area contributed by atoms with Gasteiger partial charge in [-0.05, 0) is 0 Å². The molecule has 1 aliphatic rings. The molecule has 1 saturated heterocycles. The molecular formula is C7H15F2N. The van der Waals surface area contributed by atoms with Gasteiger partial charge in [0.2, 0.25) is 0 Å². The van der Waals surface area contributed by atoms with Crippen LogP contribution in [0.2, 0.25) is 0 Å². The van der Waals surface area contributed by atoms with Crippen LogP contribution in [0, 0.1) is 5.92 Å². The fourth-order valence-corrected chi connectivity index (χ4v) is 0.779. The molecule has 0 saturated carbocycles. The molecule has 1 N–H and O–H groups in total. The van der Waals surface area contributed by atoms with E-state index < -0.39 is 11.8 Å². The molecule has 10 heavy (non-hydrogen) atoms. The number of halogens is 2.